The molecule has 0 atom stereocenters. The molecular weight excluding hydrogens is 345 g/mol. The van der Waals surface area contributed by atoms with Gasteiger partial charge in [-0.1, -0.05) is 23.7 Å². The van der Waals surface area contributed by atoms with Crippen LogP contribution in [0.3, 0.4) is 0 Å². The minimum atomic E-state index is -0.569. The number of nitrogens with zero attached hydrogens (tertiary/aromatic N) is 2. The molecule has 25 heavy (non-hydrogen) atoms. The van der Waals surface area contributed by atoms with E-state index in [4.69, 9.17) is 16.3 Å². The van der Waals surface area contributed by atoms with Gasteiger partial charge in [-0.15, -0.1) is 0 Å². The highest BCUT2D eigenvalue weighted by atomic mass is 35.5. The van der Waals surface area contributed by atoms with E-state index in [-0.39, 0.29) is 5.82 Å². The maximum atomic E-state index is 12.9. The van der Waals surface area contributed by atoms with Gasteiger partial charge in [-0.2, -0.15) is 5.10 Å². The summed E-state index contributed by atoms with van der Waals surface area (Å²) in [6.45, 7) is 0.422. The van der Waals surface area contributed by atoms with Crippen LogP contribution in [-0.2, 0) is 6.42 Å². The van der Waals surface area contributed by atoms with Gasteiger partial charge >= 0.3 is 6.09 Å². The van der Waals surface area contributed by atoms with Crippen LogP contribution < -0.4 is 10.1 Å². The van der Waals surface area contributed by atoms with Crippen molar-refractivity contribution in [2.75, 3.05) is 6.54 Å². The molecule has 0 unspecified atom stereocenters. The molecule has 0 aliphatic heterocycles. The van der Waals surface area contributed by atoms with Crippen LogP contribution in [0.2, 0.25) is 5.02 Å². The Balaban J connectivity index is 1.50. The van der Waals surface area contributed by atoms with E-state index < -0.39 is 6.09 Å². The number of carbonyl (C=O) groups excluding carboxylic acids is 1. The SMILES string of the molecule is O=C(NCCc1cccc(Cl)c1)Oc1cnn(-c2ccc(F)cc2)c1. The number of amides is 1. The first kappa shape index (κ1) is 17.0. The average molecular weight is 360 g/mol. The number of rotatable bonds is 5. The van der Waals surface area contributed by atoms with Gasteiger partial charge in [0, 0.05) is 11.6 Å². The van der Waals surface area contributed by atoms with E-state index in [0.29, 0.717) is 29.4 Å². The summed E-state index contributed by atoms with van der Waals surface area (Å²) in [5, 5.41) is 7.41. The molecule has 5 nitrogen and oxygen atoms in total. The van der Waals surface area contributed by atoms with Gasteiger partial charge in [-0.3, -0.25) is 0 Å². The fourth-order valence-electron chi connectivity index (χ4n) is 2.24. The molecule has 0 radical (unpaired) electrons. The van der Waals surface area contributed by atoms with Crippen molar-refractivity contribution in [3.8, 4) is 11.4 Å². The van der Waals surface area contributed by atoms with Gasteiger partial charge < -0.3 is 10.1 Å². The molecule has 128 valence electrons. The van der Waals surface area contributed by atoms with Crippen LogP contribution in [0.1, 0.15) is 5.56 Å². The highest BCUT2D eigenvalue weighted by Gasteiger charge is 2.07. The quantitative estimate of drug-likeness (QED) is 0.749. The van der Waals surface area contributed by atoms with Crippen molar-refractivity contribution in [3.63, 3.8) is 0 Å². The lowest BCUT2D eigenvalue weighted by molar-refractivity contribution is 0.200. The summed E-state index contributed by atoms with van der Waals surface area (Å²) in [4.78, 5) is 11.8. The van der Waals surface area contributed by atoms with Crippen molar-refractivity contribution in [1.82, 2.24) is 15.1 Å². The zero-order valence-electron chi connectivity index (χ0n) is 13.2. The number of nitrogens with one attached hydrogen (secondary N) is 1. The smallest absolute Gasteiger partial charge is 0.407 e. The van der Waals surface area contributed by atoms with E-state index in [1.165, 1.54) is 23.0 Å². The number of halogens is 2. The Kier molecular flexibility index (Phi) is 5.30. The largest absolute Gasteiger partial charge is 0.412 e. The van der Waals surface area contributed by atoms with Crippen LogP contribution in [0.4, 0.5) is 9.18 Å². The summed E-state index contributed by atoms with van der Waals surface area (Å²) in [5.74, 6) is -0.0314. The van der Waals surface area contributed by atoms with E-state index in [9.17, 15) is 9.18 Å². The lowest BCUT2D eigenvalue weighted by atomic mass is 10.1. The summed E-state index contributed by atoms with van der Waals surface area (Å²) in [6, 6.07) is 13.3. The van der Waals surface area contributed by atoms with Gasteiger partial charge in [0.15, 0.2) is 5.75 Å². The van der Waals surface area contributed by atoms with Crippen LogP contribution in [0.25, 0.3) is 5.69 Å². The van der Waals surface area contributed by atoms with Crippen molar-refractivity contribution in [3.05, 3.63) is 77.3 Å². The van der Waals surface area contributed by atoms with E-state index in [1.807, 2.05) is 18.2 Å². The third-order valence-corrected chi connectivity index (χ3v) is 3.67. The Morgan fingerprint density at radius 3 is 2.80 bits per heavy atom. The number of hydrogen-bond donors (Lipinski definition) is 1. The Morgan fingerprint density at radius 2 is 2.04 bits per heavy atom. The molecule has 0 aliphatic rings. The highest BCUT2D eigenvalue weighted by molar-refractivity contribution is 6.30. The molecule has 1 amide bonds. The molecule has 7 heteroatoms. The molecule has 0 bridgehead atoms. The normalized spacial score (nSPS) is 10.5. The highest BCUT2D eigenvalue weighted by Crippen LogP contribution is 2.14. The summed E-state index contributed by atoms with van der Waals surface area (Å²) in [7, 11) is 0. The lowest BCUT2D eigenvalue weighted by Gasteiger charge is -2.05. The topological polar surface area (TPSA) is 56.1 Å². The van der Waals surface area contributed by atoms with Crippen molar-refractivity contribution in [2.24, 2.45) is 0 Å². The third-order valence-electron chi connectivity index (χ3n) is 3.43. The molecule has 0 spiro atoms. The molecule has 3 aromatic rings. The predicted molar refractivity (Wildman–Crippen MR) is 92.7 cm³/mol. The van der Waals surface area contributed by atoms with Crippen molar-refractivity contribution in [2.45, 2.75) is 6.42 Å². The summed E-state index contributed by atoms with van der Waals surface area (Å²) >= 11 is 5.91. The first-order valence-electron chi connectivity index (χ1n) is 7.61. The molecule has 1 N–H and O–H groups in total. The first-order valence-corrected chi connectivity index (χ1v) is 7.99. The molecular formula is C18H15ClFN3O2. The van der Waals surface area contributed by atoms with E-state index in [2.05, 4.69) is 10.4 Å². The Hall–Kier alpha value is -2.86. The van der Waals surface area contributed by atoms with Gasteiger partial charge in [-0.05, 0) is 48.4 Å². The van der Waals surface area contributed by atoms with Crippen molar-refractivity contribution in [1.29, 1.82) is 0 Å². The first-order chi connectivity index (χ1) is 12.1. The van der Waals surface area contributed by atoms with E-state index in [1.54, 1.807) is 24.4 Å². The van der Waals surface area contributed by atoms with Crippen LogP contribution in [0.15, 0.2) is 60.9 Å². The second-order valence-electron chi connectivity index (χ2n) is 5.29. The molecule has 3 rings (SSSR count). The van der Waals surface area contributed by atoms with Crippen LogP contribution in [-0.4, -0.2) is 22.4 Å². The fourth-order valence-corrected chi connectivity index (χ4v) is 2.45. The second kappa shape index (κ2) is 7.81. The van der Waals surface area contributed by atoms with Gasteiger partial charge in [0.1, 0.15) is 5.82 Å². The minimum Gasteiger partial charge on any atom is -0.407 e. The van der Waals surface area contributed by atoms with Crippen molar-refractivity contribution >= 4 is 17.7 Å². The third kappa shape index (κ3) is 4.81. The van der Waals surface area contributed by atoms with Gasteiger partial charge in [-0.25, -0.2) is 13.9 Å². The van der Waals surface area contributed by atoms with E-state index in [0.717, 1.165) is 5.56 Å². The van der Waals surface area contributed by atoms with Crippen LogP contribution >= 0.6 is 11.6 Å². The number of aromatic nitrogens is 2. The zero-order chi connectivity index (χ0) is 17.6. The average Bonchev–Trinajstić information content (AvgIpc) is 3.04. The van der Waals surface area contributed by atoms with Crippen molar-refractivity contribution < 1.29 is 13.9 Å². The molecule has 1 aromatic heterocycles. The monoisotopic (exact) mass is 359 g/mol. The molecule has 1 heterocycles. The Labute approximate surface area is 149 Å². The van der Waals surface area contributed by atoms with Gasteiger partial charge in [0.2, 0.25) is 0 Å². The summed E-state index contributed by atoms with van der Waals surface area (Å²) < 4.78 is 19.6. The second-order valence-corrected chi connectivity index (χ2v) is 5.73. The molecule has 0 saturated carbocycles. The summed E-state index contributed by atoms with van der Waals surface area (Å²) in [6.07, 6.45) is 3.04. The lowest BCUT2D eigenvalue weighted by Crippen LogP contribution is -2.28. The molecule has 2 aromatic carbocycles. The molecule has 0 aliphatic carbocycles. The number of benzene rings is 2. The Morgan fingerprint density at radius 1 is 1.24 bits per heavy atom. The summed E-state index contributed by atoms with van der Waals surface area (Å²) in [5.41, 5.74) is 1.69. The number of hydrogen-bond acceptors (Lipinski definition) is 3. The van der Waals surface area contributed by atoms with Gasteiger partial charge in [0.25, 0.3) is 0 Å². The molecule has 0 saturated heterocycles. The zero-order valence-corrected chi connectivity index (χ0v) is 13.9. The molecule has 0 fully saturated rings. The van der Waals surface area contributed by atoms with Crippen LogP contribution in [0.5, 0.6) is 5.75 Å². The van der Waals surface area contributed by atoms with Gasteiger partial charge in [0.05, 0.1) is 18.1 Å². The predicted octanol–water partition coefficient (Wildman–Crippen LogP) is 4.00. The van der Waals surface area contributed by atoms with Crippen LogP contribution in [0, 0.1) is 5.82 Å². The fraction of sp³-hybridized carbons (Fsp3) is 0.111. The maximum Gasteiger partial charge on any atom is 0.412 e. The number of carbonyl (C=O) groups is 1. The maximum absolute atomic E-state index is 12.9. The van der Waals surface area contributed by atoms with E-state index >= 15 is 0 Å². The standard InChI is InChI=1S/C18H15ClFN3O2/c19-14-3-1-2-13(10-14)8-9-21-18(24)25-17-11-22-23(12-17)16-6-4-15(20)5-7-16/h1-7,10-12H,8-9H2,(H,21,24). The minimum absolute atomic E-state index is 0.296. The number of ether oxygens (including phenoxy) is 1. The Bertz CT molecular complexity index is 865.